The third kappa shape index (κ3) is 5.50. The summed E-state index contributed by atoms with van der Waals surface area (Å²) in [6.45, 7) is 1.94. The maximum atomic E-state index is 11.3. The first kappa shape index (κ1) is 16.3. The fourth-order valence-electron chi connectivity index (χ4n) is 1.28. The van der Waals surface area contributed by atoms with Gasteiger partial charge >= 0.3 is 5.97 Å². The Bertz CT molecular complexity index is 490. The second-order valence-electron chi connectivity index (χ2n) is 3.72. The molecule has 1 atom stereocenters. The molecule has 0 heterocycles. The Morgan fingerprint density at radius 3 is 3.00 bits per heavy atom. The van der Waals surface area contributed by atoms with Gasteiger partial charge in [-0.05, 0) is 30.3 Å². The van der Waals surface area contributed by atoms with Crippen LogP contribution >= 0.6 is 12.0 Å². The van der Waals surface area contributed by atoms with Crippen molar-refractivity contribution >= 4 is 23.7 Å². The van der Waals surface area contributed by atoms with Crippen LogP contribution in [0.3, 0.4) is 0 Å². The Hall–Kier alpha value is -1.72. The van der Waals surface area contributed by atoms with E-state index in [4.69, 9.17) is 21.2 Å². The Labute approximate surface area is 122 Å². The van der Waals surface area contributed by atoms with Crippen LogP contribution in [-0.2, 0) is 13.8 Å². The lowest BCUT2D eigenvalue weighted by Gasteiger charge is -2.18. The largest absolute Gasteiger partial charge is 0.466 e. The smallest absolute Gasteiger partial charge is 0.308 e. The van der Waals surface area contributed by atoms with Crippen LogP contribution in [0, 0.1) is 12.3 Å². The van der Waals surface area contributed by atoms with Crippen molar-refractivity contribution in [2.75, 3.05) is 12.3 Å². The number of benzene rings is 1. The van der Waals surface area contributed by atoms with E-state index < -0.39 is 12.0 Å². The molecule has 0 saturated carbocycles. The molecule has 0 radical (unpaired) electrons. The van der Waals surface area contributed by atoms with Crippen LogP contribution in [0.1, 0.15) is 13.3 Å². The maximum Gasteiger partial charge on any atom is 0.308 e. The van der Waals surface area contributed by atoms with Crippen LogP contribution in [0.15, 0.2) is 29.2 Å². The summed E-state index contributed by atoms with van der Waals surface area (Å²) >= 11 is 0.875. The van der Waals surface area contributed by atoms with Gasteiger partial charge in [-0.2, -0.15) is 4.28 Å². The summed E-state index contributed by atoms with van der Waals surface area (Å²) in [5, 5.41) is 10.1. The van der Waals surface area contributed by atoms with Gasteiger partial charge in [0.1, 0.15) is 6.04 Å². The lowest BCUT2D eigenvalue weighted by molar-refractivity contribution is -0.288. The molecule has 0 bridgehead atoms. The minimum atomic E-state index is -0.928. The lowest BCUT2D eigenvalue weighted by atomic mass is 10.2. The van der Waals surface area contributed by atoms with Gasteiger partial charge in [-0.3, -0.25) is 10.0 Å². The minimum Gasteiger partial charge on any atom is -0.466 e. The molecule has 0 aliphatic rings. The average molecular weight is 296 g/mol. The highest BCUT2D eigenvalue weighted by Gasteiger charge is 2.20. The number of ether oxygens (including phenoxy) is 1. The Morgan fingerprint density at radius 2 is 2.40 bits per heavy atom. The summed E-state index contributed by atoms with van der Waals surface area (Å²) < 4.78 is 9.77. The van der Waals surface area contributed by atoms with Crippen LogP contribution in [0.4, 0.5) is 5.69 Å². The zero-order valence-corrected chi connectivity index (χ0v) is 11.8. The Balaban J connectivity index is 2.49. The molecule has 0 fully saturated rings. The fourth-order valence-corrected chi connectivity index (χ4v) is 1.86. The van der Waals surface area contributed by atoms with Crippen molar-refractivity contribution in [2.24, 2.45) is 0 Å². The highest BCUT2D eigenvalue weighted by molar-refractivity contribution is 7.94. The number of hydrogen-bond donors (Lipinski definition) is 2. The standard InChI is InChI=1S/C13H16N2O4S/c1-3-11(9-13(16)18-4-2)15(17)19-20-12-7-5-6-10(14)8-12/h1,5-8,11,17H,4,9,14H2,2H3. The Kier molecular flexibility index (Phi) is 6.90. The van der Waals surface area contributed by atoms with Crippen molar-refractivity contribution in [3.8, 4) is 12.3 Å². The zero-order valence-electron chi connectivity index (χ0n) is 11.0. The number of hydrogen-bond acceptors (Lipinski definition) is 7. The van der Waals surface area contributed by atoms with Gasteiger partial charge in [-0.25, -0.2) is 0 Å². The van der Waals surface area contributed by atoms with Crippen molar-refractivity contribution in [1.29, 1.82) is 0 Å². The number of nitrogens with zero attached hydrogens (tertiary/aromatic N) is 1. The normalized spacial score (nSPS) is 11.9. The highest BCUT2D eigenvalue weighted by atomic mass is 32.2. The first-order valence-corrected chi connectivity index (χ1v) is 6.61. The third-order valence-corrected chi connectivity index (χ3v) is 2.87. The molecule has 6 nitrogen and oxygen atoms in total. The van der Waals surface area contributed by atoms with Crippen LogP contribution in [0.5, 0.6) is 0 Å². The summed E-state index contributed by atoms with van der Waals surface area (Å²) in [5.41, 5.74) is 6.18. The van der Waals surface area contributed by atoms with E-state index in [1.165, 1.54) is 0 Å². The predicted octanol–water partition coefficient (Wildman–Crippen LogP) is 1.85. The number of carbonyl (C=O) groups excluding carboxylic acids is 1. The van der Waals surface area contributed by atoms with E-state index in [1.54, 1.807) is 31.2 Å². The summed E-state index contributed by atoms with van der Waals surface area (Å²) in [5.74, 6) is 1.74. The molecule has 1 aromatic rings. The maximum absolute atomic E-state index is 11.3. The molecular weight excluding hydrogens is 280 g/mol. The molecule has 0 aromatic heterocycles. The van der Waals surface area contributed by atoms with Gasteiger partial charge in [-0.15, -0.1) is 6.42 Å². The van der Waals surface area contributed by atoms with Crippen molar-refractivity contribution in [1.82, 2.24) is 5.23 Å². The topological polar surface area (TPSA) is 85.0 Å². The zero-order chi connectivity index (χ0) is 15.0. The lowest BCUT2D eigenvalue weighted by Crippen LogP contribution is -2.32. The van der Waals surface area contributed by atoms with Crippen LogP contribution < -0.4 is 5.73 Å². The highest BCUT2D eigenvalue weighted by Crippen LogP contribution is 2.23. The molecule has 0 aliphatic carbocycles. The van der Waals surface area contributed by atoms with Crippen LogP contribution in [0.25, 0.3) is 0 Å². The van der Waals surface area contributed by atoms with Crippen LogP contribution in [0.2, 0.25) is 0 Å². The number of hydroxylamine groups is 2. The molecule has 1 aromatic carbocycles. The molecule has 20 heavy (non-hydrogen) atoms. The van der Waals surface area contributed by atoms with Gasteiger partial charge in [0.05, 0.1) is 25.1 Å². The number of rotatable bonds is 7. The molecule has 0 aliphatic heterocycles. The monoisotopic (exact) mass is 296 g/mol. The Morgan fingerprint density at radius 1 is 1.65 bits per heavy atom. The fraction of sp³-hybridized carbons (Fsp3) is 0.308. The molecule has 0 spiro atoms. The first-order chi connectivity index (χ1) is 9.56. The van der Waals surface area contributed by atoms with Gasteiger partial charge in [0, 0.05) is 10.6 Å². The summed E-state index contributed by atoms with van der Waals surface area (Å²) in [7, 11) is 0. The van der Waals surface area contributed by atoms with Crippen molar-refractivity contribution < 1.29 is 19.0 Å². The number of nitrogens with two attached hydrogens (primary N) is 1. The second-order valence-corrected chi connectivity index (χ2v) is 4.51. The van der Waals surface area contributed by atoms with Gasteiger partial charge < -0.3 is 10.5 Å². The van der Waals surface area contributed by atoms with Crippen molar-refractivity contribution in [2.45, 2.75) is 24.3 Å². The second kappa shape index (κ2) is 8.45. The first-order valence-electron chi connectivity index (χ1n) is 5.86. The molecule has 1 unspecified atom stereocenters. The van der Waals surface area contributed by atoms with E-state index >= 15 is 0 Å². The van der Waals surface area contributed by atoms with Crippen LogP contribution in [-0.4, -0.2) is 29.1 Å². The summed E-state index contributed by atoms with van der Waals surface area (Å²) in [6, 6.07) is 5.98. The van der Waals surface area contributed by atoms with Gasteiger partial charge in [0.25, 0.3) is 0 Å². The predicted molar refractivity (Wildman–Crippen MR) is 75.3 cm³/mol. The number of carbonyl (C=O) groups is 1. The van der Waals surface area contributed by atoms with E-state index in [0.717, 1.165) is 12.0 Å². The number of esters is 1. The van der Waals surface area contributed by atoms with Gasteiger partial charge in [0.15, 0.2) is 0 Å². The molecule has 7 heteroatoms. The summed E-state index contributed by atoms with van der Waals surface area (Å²) in [4.78, 5) is 12.0. The van der Waals surface area contributed by atoms with Crippen molar-refractivity contribution in [3.63, 3.8) is 0 Å². The molecule has 108 valence electrons. The van der Waals surface area contributed by atoms with E-state index in [9.17, 15) is 10.0 Å². The quantitative estimate of drug-likeness (QED) is 0.261. The van der Waals surface area contributed by atoms with E-state index in [2.05, 4.69) is 5.92 Å². The van der Waals surface area contributed by atoms with Gasteiger partial charge in [0.2, 0.25) is 0 Å². The van der Waals surface area contributed by atoms with E-state index in [-0.39, 0.29) is 13.0 Å². The summed E-state index contributed by atoms with van der Waals surface area (Å²) in [6.07, 6.45) is 5.07. The molecular formula is C13H16N2O4S. The van der Waals surface area contributed by atoms with Crippen molar-refractivity contribution in [3.05, 3.63) is 24.3 Å². The molecule has 0 amide bonds. The molecule has 1 rings (SSSR count). The number of anilines is 1. The minimum absolute atomic E-state index is 0.168. The SMILES string of the molecule is C#CC(CC(=O)OCC)N(O)OSc1cccc(N)c1. The van der Waals surface area contributed by atoms with Gasteiger partial charge in [-0.1, -0.05) is 12.0 Å². The molecule has 3 N–H and O–H groups in total. The number of terminal acetylenes is 1. The third-order valence-electron chi connectivity index (χ3n) is 2.19. The van der Waals surface area contributed by atoms with E-state index in [0.29, 0.717) is 15.8 Å². The molecule has 0 saturated heterocycles. The number of nitrogen functional groups attached to an aromatic ring is 1. The van der Waals surface area contributed by atoms with E-state index in [1.807, 2.05) is 0 Å². The average Bonchev–Trinajstić information content (AvgIpc) is 2.42.